The first-order chi connectivity index (χ1) is 14.7. The van der Waals surface area contributed by atoms with Gasteiger partial charge in [-0.2, -0.15) is 0 Å². The van der Waals surface area contributed by atoms with Gasteiger partial charge in [-0.25, -0.2) is 4.79 Å². The van der Waals surface area contributed by atoms with Gasteiger partial charge in [-0.15, -0.1) is 0 Å². The molecule has 0 aromatic heterocycles. The average molecular weight is 447 g/mol. The van der Waals surface area contributed by atoms with E-state index in [4.69, 9.17) is 4.74 Å². The summed E-state index contributed by atoms with van der Waals surface area (Å²) < 4.78 is 5.03. The highest BCUT2D eigenvalue weighted by atomic mass is 16.6. The van der Waals surface area contributed by atoms with E-state index >= 15 is 0 Å². The van der Waals surface area contributed by atoms with Crippen LogP contribution in [0.15, 0.2) is 18.2 Å². The molecule has 0 fully saturated rings. The lowest BCUT2D eigenvalue weighted by atomic mass is 10.1. The lowest BCUT2D eigenvalue weighted by Crippen LogP contribution is -2.45. The molecule has 0 saturated heterocycles. The Morgan fingerprint density at radius 3 is 2.06 bits per heavy atom. The summed E-state index contributed by atoms with van der Waals surface area (Å²) in [7, 11) is 0. The van der Waals surface area contributed by atoms with Crippen LogP contribution in [0.1, 0.15) is 72.6 Å². The Balaban J connectivity index is 1.82. The van der Waals surface area contributed by atoms with Crippen molar-refractivity contribution in [3.63, 3.8) is 0 Å². The molecule has 10 nitrogen and oxygen atoms in total. The molecular weight excluding hydrogens is 416 g/mol. The molecule has 2 rings (SSSR count). The standard InChI is InChI=1S/C22H30N4O6/c1-21(2,3)26-18(29)14-8-7-13(11-15(14)19(26)30)17(28)24-10-9-23-16(27)12-25-20(31)32-22(4,5)6/h7-8,11H,9-10,12H2,1-6H3,(H,23,27)(H,24,28)(H,25,31). The van der Waals surface area contributed by atoms with Crippen LogP contribution in [-0.2, 0) is 9.53 Å². The minimum absolute atomic E-state index is 0.134. The molecule has 32 heavy (non-hydrogen) atoms. The van der Waals surface area contributed by atoms with Gasteiger partial charge in [-0.05, 0) is 59.7 Å². The number of carbonyl (C=O) groups is 5. The maximum atomic E-state index is 12.6. The van der Waals surface area contributed by atoms with Gasteiger partial charge in [0.15, 0.2) is 0 Å². The van der Waals surface area contributed by atoms with Crippen molar-refractivity contribution in [1.82, 2.24) is 20.9 Å². The molecule has 0 aliphatic carbocycles. The summed E-state index contributed by atoms with van der Waals surface area (Å²) in [5.41, 5.74) is -0.638. The number of nitrogens with zero attached hydrogens (tertiary/aromatic N) is 1. The third kappa shape index (κ3) is 6.29. The van der Waals surface area contributed by atoms with Crippen LogP contribution in [0, 0.1) is 0 Å². The molecule has 1 aromatic rings. The van der Waals surface area contributed by atoms with Crippen LogP contribution in [0.3, 0.4) is 0 Å². The SMILES string of the molecule is CC(C)(C)OC(=O)NCC(=O)NCCNC(=O)c1ccc2c(c1)C(=O)N(C(C)(C)C)C2=O. The first-order valence-corrected chi connectivity index (χ1v) is 10.3. The first-order valence-electron chi connectivity index (χ1n) is 10.3. The summed E-state index contributed by atoms with van der Waals surface area (Å²) in [5, 5.41) is 7.52. The molecule has 0 unspecified atom stereocenters. The summed E-state index contributed by atoms with van der Waals surface area (Å²) in [6, 6.07) is 4.36. The fourth-order valence-electron chi connectivity index (χ4n) is 3.00. The maximum absolute atomic E-state index is 12.6. The number of carbonyl (C=O) groups excluding carboxylic acids is 5. The van der Waals surface area contributed by atoms with Gasteiger partial charge in [0.2, 0.25) is 5.91 Å². The molecule has 5 amide bonds. The topological polar surface area (TPSA) is 134 Å². The minimum atomic E-state index is -0.699. The quantitative estimate of drug-likeness (QED) is 0.447. The van der Waals surface area contributed by atoms with Gasteiger partial charge in [0.05, 0.1) is 17.7 Å². The highest BCUT2D eigenvalue weighted by molar-refractivity contribution is 6.22. The number of hydrogen-bond donors (Lipinski definition) is 3. The zero-order valence-corrected chi connectivity index (χ0v) is 19.3. The second kappa shape index (κ2) is 9.37. The van der Waals surface area contributed by atoms with Gasteiger partial charge in [0, 0.05) is 24.2 Å². The van der Waals surface area contributed by atoms with Gasteiger partial charge in [-0.1, -0.05) is 0 Å². The number of fused-ring (bicyclic) bond motifs is 1. The zero-order valence-electron chi connectivity index (χ0n) is 19.3. The molecule has 174 valence electrons. The molecular formula is C22H30N4O6. The second-order valence-electron chi connectivity index (χ2n) is 9.34. The molecule has 0 saturated carbocycles. The van der Waals surface area contributed by atoms with E-state index in [1.54, 1.807) is 41.5 Å². The number of benzene rings is 1. The normalized spacial score (nSPS) is 13.5. The smallest absolute Gasteiger partial charge is 0.408 e. The van der Waals surface area contributed by atoms with Gasteiger partial charge in [0.25, 0.3) is 17.7 Å². The predicted molar refractivity (Wildman–Crippen MR) is 116 cm³/mol. The Morgan fingerprint density at radius 2 is 1.47 bits per heavy atom. The van der Waals surface area contributed by atoms with E-state index in [2.05, 4.69) is 16.0 Å². The van der Waals surface area contributed by atoms with Crippen LogP contribution < -0.4 is 16.0 Å². The fraction of sp³-hybridized carbons (Fsp3) is 0.500. The van der Waals surface area contributed by atoms with E-state index < -0.39 is 35.0 Å². The Kier molecular flexibility index (Phi) is 7.27. The van der Waals surface area contributed by atoms with Crippen molar-refractivity contribution in [2.24, 2.45) is 0 Å². The maximum Gasteiger partial charge on any atom is 0.408 e. The molecule has 0 radical (unpaired) electrons. The van der Waals surface area contributed by atoms with Crippen molar-refractivity contribution in [3.05, 3.63) is 34.9 Å². The number of amides is 5. The second-order valence-corrected chi connectivity index (χ2v) is 9.34. The molecule has 0 atom stereocenters. The van der Waals surface area contributed by atoms with Crippen molar-refractivity contribution >= 4 is 29.7 Å². The fourth-order valence-corrected chi connectivity index (χ4v) is 3.00. The summed E-state index contributed by atoms with van der Waals surface area (Å²) in [5.74, 6) is -1.69. The zero-order chi connectivity index (χ0) is 24.3. The largest absolute Gasteiger partial charge is 0.444 e. The predicted octanol–water partition coefficient (Wildman–Crippen LogP) is 1.45. The number of ether oxygens (including phenoxy) is 1. The van der Waals surface area contributed by atoms with E-state index in [0.29, 0.717) is 0 Å². The van der Waals surface area contributed by atoms with E-state index in [1.165, 1.54) is 23.1 Å². The Morgan fingerprint density at radius 1 is 0.875 bits per heavy atom. The molecule has 1 aliphatic heterocycles. The number of nitrogens with one attached hydrogen (secondary N) is 3. The number of alkyl carbamates (subject to hydrolysis) is 1. The summed E-state index contributed by atoms with van der Waals surface area (Å²) in [6.07, 6.45) is -0.699. The van der Waals surface area contributed by atoms with Gasteiger partial charge < -0.3 is 20.7 Å². The van der Waals surface area contributed by atoms with Crippen molar-refractivity contribution in [1.29, 1.82) is 0 Å². The third-order valence-electron chi connectivity index (χ3n) is 4.34. The van der Waals surface area contributed by atoms with Crippen molar-refractivity contribution < 1.29 is 28.7 Å². The first kappa shape index (κ1) is 24.8. The lowest BCUT2D eigenvalue weighted by molar-refractivity contribution is -0.120. The Hall–Kier alpha value is -3.43. The highest BCUT2D eigenvalue weighted by Gasteiger charge is 2.42. The number of imide groups is 1. The molecule has 1 aromatic carbocycles. The van der Waals surface area contributed by atoms with E-state index in [0.717, 1.165) is 0 Å². The van der Waals surface area contributed by atoms with Crippen LogP contribution in [0.5, 0.6) is 0 Å². The summed E-state index contributed by atoms with van der Waals surface area (Å²) in [6.45, 7) is 10.4. The number of rotatable bonds is 6. The van der Waals surface area contributed by atoms with Gasteiger partial charge >= 0.3 is 6.09 Å². The van der Waals surface area contributed by atoms with Crippen molar-refractivity contribution in [3.8, 4) is 0 Å². The van der Waals surface area contributed by atoms with Crippen molar-refractivity contribution in [2.75, 3.05) is 19.6 Å². The molecule has 10 heteroatoms. The lowest BCUT2D eigenvalue weighted by Gasteiger charge is -2.29. The van der Waals surface area contributed by atoms with Crippen LogP contribution in [0.2, 0.25) is 0 Å². The van der Waals surface area contributed by atoms with Crippen LogP contribution in [-0.4, -0.2) is 65.4 Å². The summed E-state index contributed by atoms with van der Waals surface area (Å²) >= 11 is 0. The Labute approximate surface area is 187 Å². The minimum Gasteiger partial charge on any atom is -0.444 e. The van der Waals surface area contributed by atoms with Crippen LogP contribution >= 0.6 is 0 Å². The number of hydrogen-bond acceptors (Lipinski definition) is 6. The molecule has 3 N–H and O–H groups in total. The van der Waals surface area contributed by atoms with Gasteiger partial charge in [0.1, 0.15) is 5.60 Å². The highest BCUT2D eigenvalue weighted by Crippen LogP contribution is 2.29. The third-order valence-corrected chi connectivity index (χ3v) is 4.34. The van der Waals surface area contributed by atoms with E-state index in [1.807, 2.05) is 0 Å². The Bertz CT molecular complexity index is 943. The summed E-state index contributed by atoms with van der Waals surface area (Å²) in [4.78, 5) is 62.0. The average Bonchev–Trinajstić information content (AvgIpc) is 2.92. The van der Waals surface area contributed by atoms with Crippen molar-refractivity contribution in [2.45, 2.75) is 52.7 Å². The van der Waals surface area contributed by atoms with Crippen LogP contribution in [0.4, 0.5) is 4.79 Å². The van der Waals surface area contributed by atoms with Crippen LogP contribution in [0.25, 0.3) is 0 Å². The molecule has 1 aliphatic rings. The van der Waals surface area contributed by atoms with E-state index in [9.17, 15) is 24.0 Å². The monoisotopic (exact) mass is 446 g/mol. The molecule has 1 heterocycles. The van der Waals surface area contributed by atoms with Gasteiger partial charge in [-0.3, -0.25) is 24.1 Å². The molecule has 0 spiro atoms. The molecule has 0 bridgehead atoms. The van der Waals surface area contributed by atoms with E-state index in [-0.39, 0.29) is 42.2 Å².